The second kappa shape index (κ2) is 9.07. The zero-order valence-electron chi connectivity index (χ0n) is 12.6. The first-order valence-corrected chi connectivity index (χ1v) is 7.47. The Hall–Kier alpha value is 0. The lowest BCUT2D eigenvalue weighted by Crippen LogP contribution is -2.11. The second-order valence-electron chi connectivity index (χ2n) is 6.41. The summed E-state index contributed by atoms with van der Waals surface area (Å²) in [5, 5.41) is 0. The summed E-state index contributed by atoms with van der Waals surface area (Å²) in [6.45, 7) is 14.2. The van der Waals surface area contributed by atoms with Gasteiger partial charge in [0.2, 0.25) is 0 Å². The van der Waals surface area contributed by atoms with Crippen LogP contribution < -0.4 is 0 Å². The highest BCUT2D eigenvalue weighted by Crippen LogP contribution is 2.26. The highest BCUT2D eigenvalue weighted by atomic mass is 14.2. The zero-order valence-corrected chi connectivity index (χ0v) is 12.6. The third-order valence-electron chi connectivity index (χ3n) is 4.06. The molecule has 0 aromatic carbocycles. The van der Waals surface area contributed by atoms with Crippen LogP contribution in [0.15, 0.2) is 0 Å². The fourth-order valence-electron chi connectivity index (χ4n) is 2.27. The fourth-order valence-corrected chi connectivity index (χ4v) is 2.27. The van der Waals surface area contributed by atoms with E-state index in [0.29, 0.717) is 0 Å². The van der Waals surface area contributed by atoms with Crippen molar-refractivity contribution in [2.24, 2.45) is 23.7 Å². The van der Waals surface area contributed by atoms with Gasteiger partial charge in [-0.3, -0.25) is 0 Å². The minimum atomic E-state index is 0.852. The number of rotatable bonds is 9. The van der Waals surface area contributed by atoms with Crippen molar-refractivity contribution in [2.45, 2.75) is 80.1 Å². The first-order chi connectivity index (χ1) is 7.47. The van der Waals surface area contributed by atoms with Crippen molar-refractivity contribution in [2.75, 3.05) is 0 Å². The smallest absolute Gasteiger partial charge is 0.0414 e. The van der Waals surface area contributed by atoms with E-state index in [9.17, 15) is 0 Å². The second-order valence-corrected chi connectivity index (χ2v) is 6.41. The fraction of sp³-hybridized carbons (Fsp3) is 1.00. The molecule has 2 atom stereocenters. The molecule has 2 unspecified atom stereocenters. The molecule has 0 aliphatic rings. The van der Waals surface area contributed by atoms with Gasteiger partial charge in [0.1, 0.15) is 0 Å². The van der Waals surface area contributed by atoms with Gasteiger partial charge in [-0.05, 0) is 30.1 Å². The van der Waals surface area contributed by atoms with E-state index in [2.05, 4.69) is 41.5 Å². The van der Waals surface area contributed by atoms with E-state index in [0.717, 1.165) is 23.7 Å². The van der Waals surface area contributed by atoms with Gasteiger partial charge in [0.15, 0.2) is 0 Å². The Morgan fingerprint density at radius 2 is 1.38 bits per heavy atom. The predicted octanol–water partition coefficient (Wildman–Crippen LogP) is 5.91. The van der Waals surface area contributed by atoms with E-state index in [-0.39, 0.29) is 0 Å². The average molecular weight is 226 g/mol. The first-order valence-electron chi connectivity index (χ1n) is 7.47. The van der Waals surface area contributed by atoms with Crippen LogP contribution in [0.3, 0.4) is 0 Å². The van der Waals surface area contributed by atoms with Crippen LogP contribution in [-0.4, -0.2) is 0 Å². The van der Waals surface area contributed by atoms with Crippen molar-refractivity contribution in [3.05, 3.63) is 0 Å². The molecule has 0 bridgehead atoms. The van der Waals surface area contributed by atoms with Crippen LogP contribution in [0.2, 0.25) is 0 Å². The molecular weight excluding hydrogens is 192 g/mol. The lowest BCUT2D eigenvalue weighted by molar-refractivity contribution is 0.294. The highest BCUT2D eigenvalue weighted by Gasteiger charge is 2.13. The molecule has 0 nitrogen and oxygen atoms in total. The molecule has 0 aliphatic heterocycles. The van der Waals surface area contributed by atoms with Gasteiger partial charge in [-0.2, -0.15) is 0 Å². The monoisotopic (exact) mass is 226 g/mol. The van der Waals surface area contributed by atoms with Crippen molar-refractivity contribution in [1.29, 1.82) is 0 Å². The molecule has 0 heteroatoms. The minimum absolute atomic E-state index is 0.852. The van der Waals surface area contributed by atoms with E-state index in [1.807, 2.05) is 0 Å². The Bertz CT molecular complexity index is 146. The Morgan fingerprint density at radius 1 is 0.812 bits per heavy atom. The Kier molecular flexibility index (Phi) is 9.07. The van der Waals surface area contributed by atoms with Crippen LogP contribution in [0.1, 0.15) is 80.1 Å². The van der Waals surface area contributed by atoms with Crippen LogP contribution >= 0.6 is 0 Å². The molecule has 0 spiro atoms. The van der Waals surface area contributed by atoms with Crippen LogP contribution in [0.4, 0.5) is 0 Å². The minimum Gasteiger partial charge on any atom is -0.0651 e. The van der Waals surface area contributed by atoms with Crippen molar-refractivity contribution >= 4 is 0 Å². The van der Waals surface area contributed by atoms with Gasteiger partial charge in [0.05, 0.1) is 0 Å². The van der Waals surface area contributed by atoms with Crippen molar-refractivity contribution < 1.29 is 0 Å². The van der Waals surface area contributed by atoms with Crippen LogP contribution in [0.25, 0.3) is 0 Å². The topological polar surface area (TPSA) is 0 Å². The Labute approximate surface area is 104 Å². The van der Waals surface area contributed by atoms with Crippen LogP contribution in [-0.2, 0) is 0 Å². The summed E-state index contributed by atoms with van der Waals surface area (Å²) in [6.07, 6.45) is 8.57. The van der Waals surface area contributed by atoms with Gasteiger partial charge in [0, 0.05) is 0 Å². The quantitative estimate of drug-likeness (QED) is 0.429. The maximum atomic E-state index is 2.42. The first kappa shape index (κ1) is 16.0. The van der Waals surface area contributed by atoms with Crippen molar-refractivity contribution in [1.82, 2.24) is 0 Å². The Morgan fingerprint density at radius 3 is 1.81 bits per heavy atom. The SMILES string of the molecule is CCC(CCCCC(C)C)CC(C)C(C)C. The summed E-state index contributed by atoms with van der Waals surface area (Å²) in [6, 6.07) is 0. The third-order valence-corrected chi connectivity index (χ3v) is 4.06. The summed E-state index contributed by atoms with van der Waals surface area (Å²) >= 11 is 0. The highest BCUT2D eigenvalue weighted by molar-refractivity contribution is 4.65. The van der Waals surface area contributed by atoms with Gasteiger partial charge >= 0.3 is 0 Å². The molecule has 0 saturated carbocycles. The maximum absolute atomic E-state index is 2.42. The molecule has 0 saturated heterocycles. The standard InChI is InChI=1S/C16H34/c1-7-16(12-15(6)14(4)5)11-9-8-10-13(2)3/h13-16H,7-12H2,1-6H3. The maximum Gasteiger partial charge on any atom is -0.0414 e. The van der Waals surface area contributed by atoms with Gasteiger partial charge in [-0.1, -0.05) is 73.6 Å². The molecule has 0 radical (unpaired) electrons. The van der Waals surface area contributed by atoms with Gasteiger partial charge in [-0.15, -0.1) is 0 Å². The zero-order chi connectivity index (χ0) is 12.6. The molecule has 0 amide bonds. The summed E-state index contributed by atoms with van der Waals surface area (Å²) < 4.78 is 0. The molecule has 98 valence electrons. The molecule has 16 heavy (non-hydrogen) atoms. The lowest BCUT2D eigenvalue weighted by Gasteiger charge is -2.22. The largest absolute Gasteiger partial charge is 0.0651 e. The summed E-state index contributed by atoms with van der Waals surface area (Å²) in [4.78, 5) is 0. The molecule has 0 rings (SSSR count). The molecule has 0 fully saturated rings. The van der Waals surface area contributed by atoms with Crippen LogP contribution in [0.5, 0.6) is 0 Å². The van der Waals surface area contributed by atoms with Gasteiger partial charge < -0.3 is 0 Å². The average Bonchev–Trinajstić information content (AvgIpc) is 2.21. The summed E-state index contributed by atoms with van der Waals surface area (Å²) in [5.74, 6) is 3.61. The molecule has 0 aromatic rings. The van der Waals surface area contributed by atoms with Crippen LogP contribution in [0, 0.1) is 23.7 Å². The van der Waals surface area contributed by atoms with E-state index < -0.39 is 0 Å². The number of unbranched alkanes of at least 4 members (excludes halogenated alkanes) is 1. The summed E-state index contributed by atoms with van der Waals surface area (Å²) in [5.41, 5.74) is 0. The van der Waals surface area contributed by atoms with Gasteiger partial charge in [-0.25, -0.2) is 0 Å². The van der Waals surface area contributed by atoms with Crippen molar-refractivity contribution in [3.8, 4) is 0 Å². The van der Waals surface area contributed by atoms with E-state index >= 15 is 0 Å². The molecule has 0 N–H and O–H groups in total. The number of hydrogen-bond donors (Lipinski definition) is 0. The number of hydrogen-bond acceptors (Lipinski definition) is 0. The summed E-state index contributed by atoms with van der Waals surface area (Å²) in [7, 11) is 0. The van der Waals surface area contributed by atoms with E-state index in [1.165, 1.54) is 38.5 Å². The van der Waals surface area contributed by atoms with Gasteiger partial charge in [0.25, 0.3) is 0 Å². The molecule has 0 heterocycles. The lowest BCUT2D eigenvalue weighted by atomic mass is 9.84. The molecule has 0 aliphatic carbocycles. The molecule has 0 aromatic heterocycles. The molecular formula is C16H34. The van der Waals surface area contributed by atoms with E-state index in [4.69, 9.17) is 0 Å². The van der Waals surface area contributed by atoms with E-state index in [1.54, 1.807) is 0 Å². The normalized spacial score (nSPS) is 15.8. The Balaban J connectivity index is 3.66. The predicted molar refractivity (Wildman–Crippen MR) is 75.7 cm³/mol. The third kappa shape index (κ3) is 8.19. The van der Waals surface area contributed by atoms with Crippen molar-refractivity contribution in [3.63, 3.8) is 0 Å².